The molecule has 94 valence electrons. The summed E-state index contributed by atoms with van der Waals surface area (Å²) >= 11 is 6.34. The molecule has 0 N–H and O–H groups in total. The second kappa shape index (κ2) is 4.13. The van der Waals surface area contributed by atoms with Crippen molar-refractivity contribution in [3.63, 3.8) is 0 Å². The van der Waals surface area contributed by atoms with Crippen LogP contribution >= 0.6 is 11.6 Å². The molecule has 1 aliphatic carbocycles. The van der Waals surface area contributed by atoms with Gasteiger partial charge in [-0.2, -0.15) is 5.10 Å². The van der Waals surface area contributed by atoms with Crippen molar-refractivity contribution in [2.24, 2.45) is 0 Å². The van der Waals surface area contributed by atoms with E-state index in [2.05, 4.69) is 38.0 Å². The molecule has 0 atom stereocenters. The van der Waals surface area contributed by atoms with Crippen molar-refractivity contribution in [2.75, 3.05) is 0 Å². The van der Waals surface area contributed by atoms with Crippen LogP contribution in [0.4, 0.5) is 0 Å². The van der Waals surface area contributed by atoms with Crippen LogP contribution in [0.3, 0.4) is 0 Å². The molecule has 1 aromatic carbocycles. The molecule has 0 amide bonds. The maximum Gasteiger partial charge on any atom is 0.133 e. The van der Waals surface area contributed by atoms with E-state index >= 15 is 0 Å². The van der Waals surface area contributed by atoms with Crippen LogP contribution in [0.25, 0.3) is 5.69 Å². The number of nitrogens with zero attached hydrogens (tertiary/aromatic N) is 2. The second-order valence-corrected chi connectivity index (χ2v) is 5.71. The maximum absolute atomic E-state index is 6.34. The summed E-state index contributed by atoms with van der Waals surface area (Å²) in [7, 11) is 0. The number of hydrogen-bond acceptors (Lipinski definition) is 1. The minimum atomic E-state index is 0.634. The molecular formula is C15H17ClN2. The lowest BCUT2D eigenvalue weighted by molar-refractivity contribution is 0.826. The van der Waals surface area contributed by atoms with Crippen molar-refractivity contribution < 1.29 is 0 Å². The van der Waals surface area contributed by atoms with Crippen LogP contribution in [-0.2, 0) is 0 Å². The summed E-state index contributed by atoms with van der Waals surface area (Å²) in [6.45, 7) is 6.35. The molecule has 0 bridgehead atoms. The fraction of sp³-hybridized carbons (Fsp3) is 0.400. The summed E-state index contributed by atoms with van der Waals surface area (Å²) in [5.41, 5.74) is 5.98. The van der Waals surface area contributed by atoms with Gasteiger partial charge in [-0.15, -0.1) is 0 Å². The normalized spacial score (nSPS) is 15.1. The van der Waals surface area contributed by atoms with Crippen molar-refractivity contribution in [1.29, 1.82) is 0 Å². The van der Waals surface area contributed by atoms with Gasteiger partial charge in [0.15, 0.2) is 0 Å². The van der Waals surface area contributed by atoms with Gasteiger partial charge < -0.3 is 0 Å². The topological polar surface area (TPSA) is 17.8 Å². The molecule has 0 radical (unpaired) electrons. The Morgan fingerprint density at radius 2 is 1.72 bits per heavy atom. The van der Waals surface area contributed by atoms with Gasteiger partial charge in [0, 0.05) is 5.92 Å². The number of halogens is 1. The van der Waals surface area contributed by atoms with Crippen LogP contribution in [0.1, 0.15) is 41.1 Å². The van der Waals surface area contributed by atoms with Crippen LogP contribution in [0.15, 0.2) is 18.2 Å². The Kier molecular flexibility index (Phi) is 2.70. The third-order valence-electron chi connectivity index (χ3n) is 3.53. The zero-order valence-electron chi connectivity index (χ0n) is 11.0. The van der Waals surface area contributed by atoms with Gasteiger partial charge in [-0.1, -0.05) is 29.3 Å². The van der Waals surface area contributed by atoms with E-state index in [9.17, 15) is 0 Å². The first kappa shape index (κ1) is 11.8. The van der Waals surface area contributed by atoms with E-state index in [0.717, 1.165) is 11.4 Å². The number of aryl methyl sites for hydroxylation is 3. The average molecular weight is 261 g/mol. The fourth-order valence-corrected chi connectivity index (χ4v) is 2.85. The van der Waals surface area contributed by atoms with Crippen molar-refractivity contribution in [3.8, 4) is 5.69 Å². The zero-order valence-corrected chi connectivity index (χ0v) is 11.8. The Labute approximate surface area is 113 Å². The lowest BCUT2D eigenvalue weighted by Gasteiger charge is -2.12. The van der Waals surface area contributed by atoms with Crippen molar-refractivity contribution in [3.05, 3.63) is 45.7 Å². The highest BCUT2D eigenvalue weighted by atomic mass is 35.5. The van der Waals surface area contributed by atoms with Crippen LogP contribution in [0.5, 0.6) is 0 Å². The summed E-state index contributed by atoms with van der Waals surface area (Å²) in [6.07, 6.45) is 2.50. The number of rotatable bonds is 2. The highest BCUT2D eigenvalue weighted by Gasteiger charge is 2.27. The molecule has 0 unspecified atom stereocenters. The first-order valence-corrected chi connectivity index (χ1v) is 6.77. The zero-order chi connectivity index (χ0) is 12.9. The van der Waals surface area contributed by atoms with Crippen molar-refractivity contribution in [2.45, 2.75) is 39.5 Å². The summed E-state index contributed by atoms with van der Waals surface area (Å²) < 4.78 is 1.89. The molecule has 0 aliphatic heterocycles. The Morgan fingerprint density at radius 1 is 1.11 bits per heavy atom. The number of hydrogen-bond donors (Lipinski definition) is 0. The Morgan fingerprint density at radius 3 is 2.28 bits per heavy atom. The third-order valence-corrected chi connectivity index (χ3v) is 3.80. The molecule has 1 fully saturated rings. The van der Waals surface area contributed by atoms with Gasteiger partial charge in [0.25, 0.3) is 0 Å². The molecule has 1 saturated carbocycles. The molecule has 1 aromatic heterocycles. The van der Waals surface area contributed by atoms with Crippen molar-refractivity contribution >= 4 is 11.6 Å². The SMILES string of the molecule is Cc1cc(C)c(-n2nc(C3CC3)cc2Cl)c(C)c1. The van der Waals surface area contributed by atoms with Gasteiger partial charge in [0.2, 0.25) is 0 Å². The molecule has 0 saturated heterocycles. The quantitative estimate of drug-likeness (QED) is 0.786. The highest BCUT2D eigenvalue weighted by Crippen LogP contribution is 2.40. The van der Waals surface area contributed by atoms with Gasteiger partial charge in [-0.3, -0.25) is 0 Å². The lowest BCUT2D eigenvalue weighted by Crippen LogP contribution is -2.03. The predicted molar refractivity (Wildman–Crippen MR) is 74.8 cm³/mol. The maximum atomic E-state index is 6.34. The van der Waals surface area contributed by atoms with Gasteiger partial charge in [0.05, 0.1) is 11.4 Å². The van der Waals surface area contributed by atoms with E-state index in [1.54, 1.807) is 0 Å². The number of aromatic nitrogens is 2. The molecule has 3 heteroatoms. The lowest BCUT2D eigenvalue weighted by atomic mass is 10.1. The van der Waals surface area contributed by atoms with Crippen LogP contribution in [-0.4, -0.2) is 9.78 Å². The third kappa shape index (κ3) is 1.95. The van der Waals surface area contributed by atoms with Gasteiger partial charge in [0.1, 0.15) is 5.15 Å². The average Bonchev–Trinajstić information content (AvgIpc) is 3.03. The molecule has 18 heavy (non-hydrogen) atoms. The standard InChI is InChI=1S/C15H17ClN2/c1-9-6-10(2)15(11(3)7-9)18-14(16)8-13(17-18)12-4-5-12/h6-8,12H,4-5H2,1-3H3. The van der Waals surface area contributed by atoms with E-state index in [1.807, 2.05) is 10.7 Å². The summed E-state index contributed by atoms with van der Waals surface area (Å²) in [6, 6.07) is 6.37. The summed E-state index contributed by atoms with van der Waals surface area (Å²) in [5, 5.41) is 5.39. The molecule has 1 heterocycles. The van der Waals surface area contributed by atoms with Crippen LogP contribution in [0.2, 0.25) is 5.15 Å². The van der Waals surface area contributed by atoms with E-state index in [-0.39, 0.29) is 0 Å². The minimum absolute atomic E-state index is 0.634. The van der Waals surface area contributed by atoms with Gasteiger partial charge in [-0.05, 0) is 50.8 Å². The molecule has 3 rings (SSSR count). The second-order valence-electron chi connectivity index (χ2n) is 5.33. The van der Waals surface area contributed by atoms with E-state index in [0.29, 0.717) is 11.1 Å². The largest absolute Gasteiger partial charge is 0.221 e. The number of benzene rings is 1. The molecular weight excluding hydrogens is 244 g/mol. The predicted octanol–water partition coefficient (Wildman–Crippen LogP) is 4.33. The molecule has 2 nitrogen and oxygen atoms in total. The molecule has 0 spiro atoms. The van der Waals surface area contributed by atoms with E-state index in [4.69, 9.17) is 11.6 Å². The minimum Gasteiger partial charge on any atom is -0.221 e. The Balaban J connectivity index is 2.14. The van der Waals surface area contributed by atoms with E-state index < -0.39 is 0 Å². The summed E-state index contributed by atoms with van der Waals surface area (Å²) in [4.78, 5) is 0. The first-order chi connectivity index (χ1) is 8.56. The van der Waals surface area contributed by atoms with Crippen LogP contribution in [0, 0.1) is 20.8 Å². The molecule has 1 aliphatic rings. The monoisotopic (exact) mass is 260 g/mol. The Hall–Kier alpha value is -1.28. The Bertz CT molecular complexity index is 586. The van der Waals surface area contributed by atoms with Gasteiger partial charge in [-0.25, -0.2) is 4.68 Å². The smallest absolute Gasteiger partial charge is 0.133 e. The van der Waals surface area contributed by atoms with Crippen LogP contribution < -0.4 is 0 Å². The van der Waals surface area contributed by atoms with E-state index in [1.165, 1.54) is 29.5 Å². The molecule has 2 aromatic rings. The van der Waals surface area contributed by atoms with Gasteiger partial charge >= 0.3 is 0 Å². The van der Waals surface area contributed by atoms with Crippen molar-refractivity contribution in [1.82, 2.24) is 9.78 Å². The summed E-state index contributed by atoms with van der Waals surface area (Å²) in [5.74, 6) is 0.634. The first-order valence-electron chi connectivity index (χ1n) is 6.40. The fourth-order valence-electron chi connectivity index (χ4n) is 2.62. The highest BCUT2D eigenvalue weighted by molar-refractivity contribution is 6.29.